The van der Waals surface area contributed by atoms with Gasteiger partial charge < -0.3 is 15.3 Å². The molecule has 4 aromatic rings. The number of nitrogens with zero attached hydrogens (tertiary/aromatic N) is 4. The number of carboxylic acids is 1. The normalized spacial score (nSPS) is 14.2. The summed E-state index contributed by atoms with van der Waals surface area (Å²) in [5.41, 5.74) is 4.58. The van der Waals surface area contributed by atoms with E-state index in [1.165, 1.54) is 11.3 Å². The lowest BCUT2D eigenvalue weighted by molar-refractivity contribution is -0.142. The number of aromatic nitrogens is 3. The smallest absolute Gasteiger partial charge is 0.321 e. The van der Waals surface area contributed by atoms with Crippen LogP contribution in [-0.4, -0.2) is 51.7 Å². The number of rotatable bonds is 7. The summed E-state index contributed by atoms with van der Waals surface area (Å²) in [6.07, 6.45) is 3.80. The van der Waals surface area contributed by atoms with Gasteiger partial charge in [-0.2, -0.15) is 0 Å². The number of nitrogens with one attached hydrogen (secondary N) is 2. The fourth-order valence-electron chi connectivity index (χ4n) is 4.49. The van der Waals surface area contributed by atoms with E-state index in [0.717, 1.165) is 49.2 Å². The first kappa shape index (κ1) is 25.1. The summed E-state index contributed by atoms with van der Waals surface area (Å²) < 4.78 is 0.952. The van der Waals surface area contributed by atoms with Crippen LogP contribution >= 0.6 is 22.7 Å². The van der Waals surface area contributed by atoms with E-state index in [0.29, 0.717) is 37.6 Å². The Balaban J connectivity index is 1.55. The van der Waals surface area contributed by atoms with Crippen LogP contribution in [0.4, 0.5) is 15.1 Å². The summed E-state index contributed by atoms with van der Waals surface area (Å²) in [6.45, 7) is 5.86. The summed E-state index contributed by atoms with van der Waals surface area (Å²) >= 11 is 3.06. The van der Waals surface area contributed by atoms with Crippen molar-refractivity contribution in [2.45, 2.75) is 33.1 Å². The van der Waals surface area contributed by atoms with E-state index in [1.807, 2.05) is 31.2 Å². The summed E-state index contributed by atoms with van der Waals surface area (Å²) in [4.78, 5) is 41.0. The Labute approximate surface area is 222 Å². The van der Waals surface area contributed by atoms with E-state index in [4.69, 9.17) is 9.97 Å². The first-order chi connectivity index (χ1) is 18.0. The zero-order valence-electron chi connectivity index (χ0n) is 20.7. The van der Waals surface area contributed by atoms with Crippen LogP contribution in [-0.2, 0) is 11.2 Å². The molecular formula is C26H28N6O3S2. The number of benzene rings is 1. The van der Waals surface area contributed by atoms with Crippen molar-refractivity contribution in [2.75, 3.05) is 29.9 Å². The minimum absolute atomic E-state index is 0.281. The number of carboxylic acid groups (broad SMARTS) is 1. The lowest BCUT2D eigenvalue weighted by Crippen LogP contribution is -2.36. The molecule has 0 unspecified atom stereocenters. The van der Waals surface area contributed by atoms with E-state index >= 15 is 0 Å². The molecule has 1 aliphatic rings. The van der Waals surface area contributed by atoms with Crippen molar-refractivity contribution in [1.82, 2.24) is 20.3 Å². The molecule has 3 aromatic heterocycles. The van der Waals surface area contributed by atoms with Gasteiger partial charge in [0.25, 0.3) is 0 Å². The zero-order valence-corrected chi connectivity index (χ0v) is 22.3. The number of anilines is 2. The van der Waals surface area contributed by atoms with Crippen LogP contribution in [0.15, 0.2) is 36.5 Å². The number of fused-ring (bicyclic) bond motifs is 1. The quantitative estimate of drug-likeness (QED) is 0.286. The van der Waals surface area contributed by atoms with E-state index in [1.54, 1.807) is 17.5 Å². The molecule has 37 heavy (non-hydrogen) atoms. The number of hydrogen-bond acceptors (Lipinski definition) is 8. The molecule has 1 fully saturated rings. The number of carbonyl (C=O) groups is 2. The van der Waals surface area contributed by atoms with Gasteiger partial charge in [0.1, 0.15) is 0 Å². The number of amides is 2. The molecule has 1 saturated heterocycles. The van der Waals surface area contributed by atoms with Crippen LogP contribution in [0, 0.1) is 5.92 Å². The number of aryl methyl sites for hydroxylation is 1. The molecule has 5 rings (SSSR count). The number of pyridine rings is 1. The van der Waals surface area contributed by atoms with Crippen molar-refractivity contribution in [3.05, 3.63) is 42.2 Å². The molecule has 0 saturated carbocycles. The van der Waals surface area contributed by atoms with Crippen LogP contribution in [0.2, 0.25) is 0 Å². The topological polar surface area (TPSA) is 120 Å². The van der Waals surface area contributed by atoms with Crippen molar-refractivity contribution < 1.29 is 14.7 Å². The maximum Gasteiger partial charge on any atom is 0.321 e. The van der Waals surface area contributed by atoms with Crippen molar-refractivity contribution in [3.8, 4) is 21.7 Å². The molecular weight excluding hydrogens is 508 g/mol. The minimum atomic E-state index is -0.714. The molecule has 9 nitrogen and oxygen atoms in total. The van der Waals surface area contributed by atoms with Crippen LogP contribution in [0.5, 0.6) is 0 Å². The highest BCUT2D eigenvalue weighted by Gasteiger charge is 2.27. The Morgan fingerprint density at radius 3 is 2.62 bits per heavy atom. The third-order valence-electron chi connectivity index (χ3n) is 6.39. The van der Waals surface area contributed by atoms with Crippen LogP contribution in [0.1, 0.15) is 32.4 Å². The Hall–Kier alpha value is -3.57. The number of hydrogen-bond donors (Lipinski definition) is 3. The van der Waals surface area contributed by atoms with Gasteiger partial charge in [-0.15, -0.1) is 0 Å². The molecule has 0 bridgehead atoms. The lowest BCUT2D eigenvalue weighted by Gasteiger charge is -2.29. The van der Waals surface area contributed by atoms with Gasteiger partial charge >= 0.3 is 12.0 Å². The highest BCUT2D eigenvalue weighted by molar-refractivity contribution is 7.23. The van der Waals surface area contributed by atoms with E-state index in [-0.39, 0.29) is 11.9 Å². The third kappa shape index (κ3) is 5.28. The van der Waals surface area contributed by atoms with Gasteiger partial charge in [0.2, 0.25) is 0 Å². The van der Waals surface area contributed by atoms with Crippen LogP contribution in [0.25, 0.3) is 31.9 Å². The number of piperidine rings is 1. The molecule has 0 radical (unpaired) electrons. The number of aliphatic carboxylic acids is 1. The highest BCUT2D eigenvalue weighted by Crippen LogP contribution is 2.42. The summed E-state index contributed by atoms with van der Waals surface area (Å²) in [7, 11) is 0. The van der Waals surface area contributed by atoms with Gasteiger partial charge in [-0.3, -0.25) is 15.1 Å². The van der Waals surface area contributed by atoms with E-state index in [9.17, 15) is 14.7 Å². The maximum absolute atomic E-state index is 12.1. The van der Waals surface area contributed by atoms with Crippen molar-refractivity contribution in [2.24, 2.45) is 5.92 Å². The van der Waals surface area contributed by atoms with Crippen LogP contribution < -0.4 is 15.5 Å². The zero-order chi connectivity index (χ0) is 25.9. The standard InChI is InChI=1S/C26H28N6O3S2/c1-3-18-21(37-26(30-18)32-11-8-15(9-12-32)23(33)34)16-13-17(19-7-5-6-10-28-19)22-20(14-16)29-25(36-22)31-24(35)27-4-2/h5-7,10,13-15H,3-4,8-9,11-12H2,1-2H3,(H,33,34)(H2,27,29,31,35). The molecule has 2 amide bonds. The van der Waals surface area contributed by atoms with Gasteiger partial charge in [-0.25, -0.2) is 14.8 Å². The fraction of sp³-hybridized carbons (Fsp3) is 0.346. The molecule has 0 spiro atoms. The molecule has 0 atom stereocenters. The summed E-state index contributed by atoms with van der Waals surface area (Å²) in [6, 6.07) is 9.71. The first-order valence-corrected chi connectivity index (χ1v) is 14.0. The maximum atomic E-state index is 12.1. The predicted octanol–water partition coefficient (Wildman–Crippen LogP) is 5.49. The monoisotopic (exact) mass is 536 g/mol. The average Bonchev–Trinajstić information content (AvgIpc) is 3.52. The van der Waals surface area contributed by atoms with E-state index in [2.05, 4.69) is 33.5 Å². The van der Waals surface area contributed by atoms with Crippen molar-refractivity contribution in [3.63, 3.8) is 0 Å². The fourth-order valence-corrected chi connectivity index (χ4v) is 6.65. The summed E-state index contributed by atoms with van der Waals surface area (Å²) in [5, 5.41) is 16.4. The van der Waals surface area contributed by atoms with Gasteiger partial charge in [0.15, 0.2) is 10.3 Å². The minimum Gasteiger partial charge on any atom is -0.481 e. The van der Waals surface area contributed by atoms with E-state index < -0.39 is 5.97 Å². The van der Waals surface area contributed by atoms with Crippen molar-refractivity contribution >= 4 is 55.2 Å². The second-order valence-electron chi connectivity index (χ2n) is 8.82. The van der Waals surface area contributed by atoms with Crippen LogP contribution in [0.3, 0.4) is 0 Å². The van der Waals surface area contributed by atoms with Gasteiger partial charge in [0.05, 0.1) is 32.4 Å². The number of urea groups is 1. The largest absolute Gasteiger partial charge is 0.481 e. The highest BCUT2D eigenvalue weighted by atomic mass is 32.1. The molecule has 4 heterocycles. The van der Waals surface area contributed by atoms with Gasteiger partial charge in [-0.05, 0) is 56.0 Å². The number of carbonyl (C=O) groups excluding carboxylic acids is 1. The molecule has 1 aromatic carbocycles. The Morgan fingerprint density at radius 2 is 1.95 bits per heavy atom. The lowest BCUT2D eigenvalue weighted by atomic mass is 9.97. The molecule has 1 aliphatic heterocycles. The Kier molecular flexibility index (Phi) is 7.33. The number of thiazole rings is 2. The second-order valence-corrected chi connectivity index (χ2v) is 10.8. The third-order valence-corrected chi connectivity index (χ3v) is 8.61. The molecule has 11 heteroatoms. The van der Waals surface area contributed by atoms with Gasteiger partial charge in [0, 0.05) is 31.4 Å². The Morgan fingerprint density at radius 1 is 1.14 bits per heavy atom. The Bertz CT molecular complexity index is 1430. The molecule has 0 aliphatic carbocycles. The summed E-state index contributed by atoms with van der Waals surface area (Å²) in [5.74, 6) is -0.995. The first-order valence-electron chi connectivity index (χ1n) is 12.4. The predicted molar refractivity (Wildman–Crippen MR) is 149 cm³/mol. The average molecular weight is 537 g/mol. The van der Waals surface area contributed by atoms with Crippen molar-refractivity contribution in [1.29, 1.82) is 0 Å². The molecule has 3 N–H and O–H groups in total. The SMILES string of the molecule is CCNC(=O)Nc1nc2cc(-c3sc(N4CCC(C(=O)O)CC4)nc3CC)cc(-c3ccccn3)c2s1. The second kappa shape index (κ2) is 10.8. The van der Waals surface area contributed by atoms with Gasteiger partial charge in [-0.1, -0.05) is 35.7 Å². The molecule has 192 valence electrons.